The van der Waals surface area contributed by atoms with Crippen molar-refractivity contribution >= 4 is 197 Å². The van der Waals surface area contributed by atoms with E-state index in [1.165, 1.54) is 74.8 Å². The van der Waals surface area contributed by atoms with Gasteiger partial charge in [-0.05, 0) is 176 Å². The molecule has 10 N–H and O–H groups in total. The topological polar surface area (TPSA) is 386 Å². The second-order valence-electron chi connectivity index (χ2n) is 36.9. The van der Waals surface area contributed by atoms with E-state index in [-0.39, 0.29) is 32.9 Å². The Bertz CT molecular complexity index is 7140. The fourth-order valence-corrected chi connectivity index (χ4v) is 23.0. The average Bonchev–Trinajstić information content (AvgIpc) is 1.78. The first-order valence-corrected chi connectivity index (χ1v) is 56.4. The minimum absolute atomic E-state index is 0.159. The number of nitrogens with zero attached hydrogens (tertiary/aromatic N) is 14. The summed E-state index contributed by atoms with van der Waals surface area (Å²) < 4.78 is 99.8. The maximum Gasteiger partial charge on any atom is 0.253 e. The first-order valence-electron chi connectivity index (χ1n) is 48.7. The molecule has 4 aliphatic heterocycles. The standard InChI is InChI=1S/C31H35ClN5O4PS.C28H36ClN7O2.C28H32FN7O2.C20H21Cl2N4O3P/c1-22(2)43(39,40)29-12-8-7-11-27(29)34-30-25(32)20-33-31(36-30)35-26-14-13-24(19-28(26)41-3)42(38)17-15-37(16-18-42)21-23-9-5-4-6-10-23;1-34-14-16-36(17-15-34)20-10-12-35(13-11-20)21-8-9-24(26(18-21)38-3)32-28-30-19-22(29)27(33-28)31-23-6-4-5-7-25(23)37-2;1-17(2)35-12-14-36(15-13-35)18-10-11-22(24(16-18)38-3)33-28-32-21-8-4-6-19(21)27(34-28)31-23-9-5-7-20(29)25(23)26(30)37;1-28-17-9-12(21)5-7-15(17)24-19-14(22)11-23-20(26-19)25-16-8-6-13(30(3,4)27)10-18(16)29-2/h4-14,19-20,22H,15-18,21H2,1-3H3,(H2,33,34,35,36);4-9,18-20H,10-17H2,1-3H3,(H2,30,31,32,33);4-7,9-11,16-17H,8,12-15H2,1-3H3,(H2,30,37)(H2,31,32,33,34);5-11H,1-4H3,(H2,23,24,25,26). The summed E-state index contributed by atoms with van der Waals surface area (Å²) in [6, 6.07) is 58.4. The van der Waals surface area contributed by atoms with Crippen molar-refractivity contribution in [1.29, 1.82) is 0 Å². The molecule has 8 heterocycles. The van der Waals surface area contributed by atoms with Gasteiger partial charge in [0.25, 0.3) is 5.91 Å². The minimum Gasteiger partial charge on any atom is -0.495 e. The third-order valence-corrected chi connectivity index (χ3v) is 34.0. The summed E-state index contributed by atoms with van der Waals surface area (Å²) in [5.74, 6) is 4.98. The van der Waals surface area contributed by atoms with Crippen LogP contribution >= 0.6 is 60.7 Å². The molecule has 0 atom stereocenters. The SMILES string of the molecule is COc1cc(N2CCC(N3CCN(C)CC3)CC2)ccc1Nc1ncc(Cl)c(Nc2ccccc2OC)n1.COc1cc(N2CCN(C(C)C)CC2)ccc1Nc1nc2c(c(Nc3cccc(F)c3C(N)=O)n1)C=CC2.COc1cc(P(C)(C)=O)ccc1Nc1ncc(Cl)c(Nc2ccc(Cl)cc2OC)n1.COc1cc(P2(=O)CCN(Cc3ccccc3)CC2)ccc1Nc1ncc(Cl)c(Nc2ccccc2S(=O)(=O)C(C)C)n1. The summed E-state index contributed by atoms with van der Waals surface area (Å²) in [6.45, 7) is 24.3. The van der Waals surface area contributed by atoms with Gasteiger partial charge in [0.15, 0.2) is 27.3 Å². The van der Waals surface area contributed by atoms with Gasteiger partial charge in [0.2, 0.25) is 23.8 Å². The van der Waals surface area contributed by atoms with Gasteiger partial charge in [0.1, 0.15) is 75.5 Å². The first-order chi connectivity index (χ1) is 71.7. The van der Waals surface area contributed by atoms with Crippen molar-refractivity contribution in [3.05, 3.63) is 261 Å². The zero-order chi connectivity index (χ0) is 106. The highest BCUT2D eigenvalue weighted by Gasteiger charge is 2.34. The summed E-state index contributed by atoms with van der Waals surface area (Å²) in [5, 5.41) is 27.8. The molecule has 0 unspecified atom stereocenters. The fraction of sp³-hybridized carbons (Fsp3) is 0.318. The number of methoxy groups -OCH3 is 6. The number of piperidine rings is 1. The summed E-state index contributed by atoms with van der Waals surface area (Å²) >= 11 is 25.1. The van der Waals surface area contributed by atoms with Crippen molar-refractivity contribution in [2.24, 2.45) is 5.73 Å². The van der Waals surface area contributed by atoms with E-state index in [1.807, 2.05) is 91.0 Å². The maximum atomic E-state index is 14.3. The molecule has 34 nitrogen and oxygen atoms in total. The molecule has 0 saturated carbocycles. The van der Waals surface area contributed by atoms with Gasteiger partial charge in [-0.15, -0.1) is 0 Å². The molecule has 9 aromatic carbocycles. The second kappa shape index (κ2) is 50.3. The fourth-order valence-electron chi connectivity index (χ4n) is 17.7. The van der Waals surface area contributed by atoms with Crippen molar-refractivity contribution in [1.82, 2.24) is 59.5 Å². The lowest BCUT2D eigenvalue weighted by atomic mass is 10.0. The van der Waals surface area contributed by atoms with Crippen LogP contribution in [0.15, 0.2) is 218 Å². The van der Waals surface area contributed by atoms with E-state index in [0.29, 0.717) is 133 Å². The van der Waals surface area contributed by atoms with Crippen LogP contribution in [0.1, 0.15) is 67.7 Å². The molecule has 13 aromatic rings. The van der Waals surface area contributed by atoms with Gasteiger partial charge in [0.05, 0.1) is 128 Å². The molecule has 42 heteroatoms. The number of hydrogen-bond donors (Lipinski definition) is 9. The van der Waals surface area contributed by atoms with Crippen LogP contribution in [0.4, 0.5) is 108 Å². The first kappa shape index (κ1) is 110. The van der Waals surface area contributed by atoms with E-state index < -0.39 is 41.1 Å². The summed E-state index contributed by atoms with van der Waals surface area (Å²) in [6.07, 6.45) is 12.6. The molecule has 1 aliphatic carbocycles. The number of fused-ring (bicyclic) bond motifs is 1. The van der Waals surface area contributed by atoms with Crippen LogP contribution in [-0.4, -0.2) is 245 Å². The summed E-state index contributed by atoms with van der Waals surface area (Å²) in [7, 11) is 3.26. The number of rotatable bonds is 33. The van der Waals surface area contributed by atoms with E-state index in [1.54, 1.807) is 143 Å². The number of ether oxygens (including phenoxy) is 6. The van der Waals surface area contributed by atoms with Gasteiger partial charge in [-0.2, -0.15) is 19.9 Å². The molecule has 0 spiro atoms. The lowest BCUT2D eigenvalue weighted by molar-refractivity contribution is 0.0982. The smallest absolute Gasteiger partial charge is 0.253 e. The Labute approximate surface area is 888 Å². The Morgan fingerprint density at radius 2 is 0.940 bits per heavy atom. The molecular weight excluding hydrogens is 2040 g/mol. The second-order valence-corrected chi connectivity index (χ2v) is 47.4. The Kier molecular flexibility index (Phi) is 37.1. The van der Waals surface area contributed by atoms with E-state index in [9.17, 15) is 26.7 Å². The lowest BCUT2D eigenvalue weighted by Gasteiger charge is -2.42. The highest BCUT2D eigenvalue weighted by molar-refractivity contribution is 7.92. The monoisotopic (exact) mass is 2160 g/mol. The number of nitrogens with one attached hydrogen (secondary N) is 8. The molecule has 1 amide bonds. The van der Waals surface area contributed by atoms with Gasteiger partial charge >= 0.3 is 0 Å². The van der Waals surface area contributed by atoms with Crippen molar-refractivity contribution in [2.75, 3.05) is 206 Å². The molecule has 0 bridgehead atoms. The number of carbonyl (C=O) groups is 1. The number of carbonyl (C=O) groups excluding carboxylic acids is 1. The zero-order valence-corrected chi connectivity index (χ0v) is 90.9. The van der Waals surface area contributed by atoms with Gasteiger partial charge in [-0.3, -0.25) is 19.5 Å². The van der Waals surface area contributed by atoms with Crippen molar-refractivity contribution in [3.63, 3.8) is 0 Å². The van der Waals surface area contributed by atoms with Gasteiger partial charge in [0, 0.05) is 167 Å². The Hall–Kier alpha value is -13.4. The van der Waals surface area contributed by atoms with E-state index in [0.717, 1.165) is 109 Å². The van der Waals surface area contributed by atoms with E-state index in [4.69, 9.17) is 80.6 Å². The Morgan fingerprint density at radius 3 is 1.48 bits per heavy atom. The Morgan fingerprint density at radius 1 is 0.483 bits per heavy atom. The molecule has 784 valence electrons. The highest BCUT2D eigenvalue weighted by Crippen LogP contribution is 2.49. The quantitative estimate of drug-likeness (QED) is 0.0173. The number of amides is 1. The number of benzene rings is 9. The molecule has 18 rings (SSSR count). The number of halogens is 5. The van der Waals surface area contributed by atoms with Gasteiger partial charge < -0.3 is 101 Å². The number of likely N-dealkylation sites (N-methyl/N-ethyl adjacent to an activating group) is 1. The molecule has 5 aliphatic rings. The molecule has 149 heavy (non-hydrogen) atoms. The van der Waals surface area contributed by atoms with Crippen molar-refractivity contribution in [2.45, 2.75) is 75.7 Å². The molecule has 4 aromatic heterocycles. The maximum absolute atomic E-state index is 14.3. The number of para-hydroxylation sites is 3. The zero-order valence-electron chi connectivity index (χ0n) is 85.3. The van der Waals surface area contributed by atoms with Crippen molar-refractivity contribution in [3.8, 4) is 34.5 Å². The van der Waals surface area contributed by atoms with Gasteiger partial charge in [-0.25, -0.2) is 32.7 Å². The number of allylic oxidation sites excluding steroid dienone is 1. The van der Waals surface area contributed by atoms with Crippen LogP contribution in [0.5, 0.6) is 34.5 Å². The lowest BCUT2D eigenvalue weighted by Crippen LogP contribution is -2.52. The van der Waals surface area contributed by atoms with Crippen molar-refractivity contribution < 1.29 is 55.2 Å². The number of anilines is 18. The molecule has 0 radical (unpaired) electrons. The largest absolute Gasteiger partial charge is 0.495 e. The molecule has 4 fully saturated rings. The number of primary amides is 1. The van der Waals surface area contributed by atoms with Gasteiger partial charge in [-0.1, -0.05) is 119 Å². The van der Waals surface area contributed by atoms with Crippen LogP contribution in [0.3, 0.4) is 0 Å². The summed E-state index contributed by atoms with van der Waals surface area (Å²) in [4.78, 5) is 62.5. The number of sulfone groups is 1. The highest BCUT2D eigenvalue weighted by atomic mass is 35.5. The summed E-state index contributed by atoms with van der Waals surface area (Å²) in [5.41, 5.74) is 15.1. The van der Waals surface area contributed by atoms with E-state index >= 15 is 0 Å². The number of piperazine rings is 2. The normalized spacial score (nSPS) is 14.9. The van der Waals surface area contributed by atoms with Crippen LogP contribution in [0, 0.1) is 5.82 Å². The predicted molar refractivity (Wildman–Crippen MR) is 600 cm³/mol. The minimum atomic E-state index is -3.55. The van der Waals surface area contributed by atoms with Crippen LogP contribution in [-0.2, 0) is 31.9 Å². The molecular formula is C107H124Cl4FN23O11P2S. The average molecular weight is 2160 g/mol. The third kappa shape index (κ3) is 28.0. The Balaban J connectivity index is 0.000000150. The third-order valence-electron chi connectivity index (χ3n) is 26.1. The number of nitrogens with two attached hydrogens (primary N) is 1. The van der Waals surface area contributed by atoms with Crippen LogP contribution < -0.4 is 97.1 Å². The van der Waals surface area contributed by atoms with Crippen LogP contribution in [0.2, 0.25) is 20.1 Å². The predicted octanol–water partition coefficient (Wildman–Crippen LogP) is 21.0. The number of hydrogen-bond acceptors (Lipinski definition) is 33. The number of aromatic nitrogens is 8. The molecule has 4 saturated heterocycles. The van der Waals surface area contributed by atoms with E-state index in [2.05, 4.69) is 163 Å². The van der Waals surface area contributed by atoms with Crippen LogP contribution in [0.25, 0.3) is 6.08 Å².